The van der Waals surface area contributed by atoms with Crippen LogP contribution >= 0.6 is 0 Å². The van der Waals surface area contributed by atoms with Crippen molar-refractivity contribution in [3.05, 3.63) is 23.9 Å². The first kappa shape index (κ1) is 11.4. The average molecular weight is 220 g/mol. The smallest absolute Gasteiger partial charge is 0.134 e. The van der Waals surface area contributed by atoms with Crippen molar-refractivity contribution in [2.45, 2.75) is 32.8 Å². The Hall–Kier alpha value is -1.09. The molecule has 1 atom stereocenters. The van der Waals surface area contributed by atoms with E-state index in [9.17, 15) is 5.11 Å². The number of hydrogen-bond acceptors (Lipinski definition) is 3. The fourth-order valence-electron chi connectivity index (χ4n) is 1.98. The van der Waals surface area contributed by atoms with Gasteiger partial charge in [0.15, 0.2) is 0 Å². The summed E-state index contributed by atoms with van der Waals surface area (Å²) in [6.45, 7) is 5.97. The molecule has 1 unspecified atom stereocenters. The molecule has 3 nitrogen and oxygen atoms in total. The molecule has 0 amide bonds. The zero-order valence-electron chi connectivity index (χ0n) is 10.1. The van der Waals surface area contributed by atoms with E-state index in [1.807, 2.05) is 12.1 Å². The molecule has 1 aromatic rings. The SMILES string of the molecule is CCN(CC1CC1)c1ncccc1C(C)O. The molecule has 0 aliphatic heterocycles. The lowest BCUT2D eigenvalue weighted by Gasteiger charge is -2.25. The number of anilines is 1. The van der Waals surface area contributed by atoms with Crippen molar-refractivity contribution >= 4 is 5.82 Å². The minimum absolute atomic E-state index is 0.447. The minimum atomic E-state index is -0.447. The topological polar surface area (TPSA) is 36.4 Å². The molecule has 1 fully saturated rings. The first-order valence-corrected chi connectivity index (χ1v) is 6.10. The monoisotopic (exact) mass is 220 g/mol. The van der Waals surface area contributed by atoms with Gasteiger partial charge in [0.2, 0.25) is 0 Å². The van der Waals surface area contributed by atoms with Gasteiger partial charge in [-0.2, -0.15) is 0 Å². The van der Waals surface area contributed by atoms with Crippen LogP contribution in [0.2, 0.25) is 0 Å². The lowest BCUT2D eigenvalue weighted by Crippen LogP contribution is -2.27. The van der Waals surface area contributed by atoms with Crippen LogP contribution in [0.1, 0.15) is 38.4 Å². The maximum absolute atomic E-state index is 9.73. The number of hydrogen-bond donors (Lipinski definition) is 1. The lowest BCUT2D eigenvalue weighted by atomic mass is 10.1. The Morgan fingerprint density at radius 2 is 2.31 bits per heavy atom. The Kier molecular flexibility index (Phi) is 3.44. The molecule has 1 aromatic heterocycles. The van der Waals surface area contributed by atoms with Crippen LogP contribution in [0, 0.1) is 5.92 Å². The zero-order chi connectivity index (χ0) is 11.5. The quantitative estimate of drug-likeness (QED) is 0.827. The molecule has 1 aliphatic rings. The molecular formula is C13H20N2O. The van der Waals surface area contributed by atoms with E-state index < -0.39 is 6.10 Å². The third kappa shape index (κ3) is 2.53. The standard InChI is InChI=1S/C13H20N2O/c1-3-15(9-11-6-7-11)13-12(10(2)16)5-4-8-14-13/h4-5,8,10-11,16H,3,6-7,9H2,1-2H3. The van der Waals surface area contributed by atoms with E-state index in [0.717, 1.165) is 30.4 Å². The van der Waals surface area contributed by atoms with Crippen molar-refractivity contribution in [2.75, 3.05) is 18.0 Å². The van der Waals surface area contributed by atoms with Crippen molar-refractivity contribution in [3.63, 3.8) is 0 Å². The first-order valence-electron chi connectivity index (χ1n) is 6.10. The summed E-state index contributed by atoms with van der Waals surface area (Å²) in [5.41, 5.74) is 0.935. The summed E-state index contributed by atoms with van der Waals surface area (Å²) in [5, 5.41) is 9.73. The second kappa shape index (κ2) is 4.83. The zero-order valence-corrected chi connectivity index (χ0v) is 10.1. The summed E-state index contributed by atoms with van der Waals surface area (Å²) < 4.78 is 0. The molecule has 3 heteroatoms. The molecule has 1 aliphatic carbocycles. The van der Waals surface area contributed by atoms with Crippen LogP contribution in [0.3, 0.4) is 0 Å². The summed E-state index contributed by atoms with van der Waals surface area (Å²) >= 11 is 0. The fourth-order valence-corrected chi connectivity index (χ4v) is 1.98. The summed E-state index contributed by atoms with van der Waals surface area (Å²) in [6.07, 6.45) is 4.04. The van der Waals surface area contributed by atoms with E-state index in [2.05, 4.69) is 16.8 Å². The summed E-state index contributed by atoms with van der Waals surface area (Å²) in [4.78, 5) is 6.70. The summed E-state index contributed by atoms with van der Waals surface area (Å²) in [5.74, 6) is 1.79. The highest BCUT2D eigenvalue weighted by Gasteiger charge is 2.25. The average Bonchev–Trinajstić information content (AvgIpc) is 3.09. The van der Waals surface area contributed by atoms with Gasteiger partial charge in [-0.05, 0) is 38.7 Å². The van der Waals surface area contributed by atoms with Gasteiger partial charge in [0.1, 0.15) is 5.82 Å². The van der Waals surface area contributed by atoms with Gasteiger partial charge >= 0.3 is 0 Å². The second-order valence-electron chi connectivity index (χ2n) is 4.57. The van der Waals surface area contributed by atoms with E-state index in [-0.39, 0.29) is 0 Å². The molecule has 2 rings (SSSR count). The number of pyridine rings is 1. The molecule has 0 spiro atoms. The number of aliphatic hydroxyl groups is 1. The maximum Gasteiger partial charge on any atom is 0.134 e. The highest BCUT2D eigenvalue weighted by Crippen LogP contribution is 2.32. The molecule has 1 heterocycles. The molecule has 0 bridgehead atoms. The molecule has 0 aromatic carbocycles. The molecule has 0 radical (unpaired) electrons. The van der Waals surface area contributed by atoms with Crippen molar-refractivity contribution < 1.29 is 5.11 Å². The van der Waals surface area contributed by atoms with Gasteiger partial charge in [-0.1, -0.05) is 6.07 Å². The first-order chi connectivity index (χ1) is 7.72. The summed E-state index contributed by atoms with van der Waals surface area (Å²) in [7, 11) is 0. The Bertz CT molecular complexity index is 348. The van der Waals surface area contributed by atoms with Crippen LogP contribution in [0.5, 0.6) is 0 Å². The Morgan fingerprint density at radius 3 is 2.88 bits per heavy atom. The van der Waals surface area contributed by atoms with Gasteiger partial charge in [0, 0.05) is 24.8 Å². The van der Waals surface area contributed by atoms with E-state index in [1.54, 1.807) is 13.1 Å². The van der Waals surface area contributed by atoms with Crippen LogP contribution in [-0.2, 0) is 0 Å². The molecule has 1 saturated carbocycles. The number of aliphatic hydroxyl groups excluding tert-OH is 1. The van der Waals surface area contributed by atoms with E-state index in [0.29, 0.717) is 0 Å². The van der Waals surface area contributed by atoms with Crippen LogP contribution < -0.4 is 4.90 Å². The van der Waals surface area contributed by atoms with Gasteiger partial charge in [-0.25, -0.2) is 4.98 Å². The van der Waals surface area contributed by atoms with Crippen molar-refractivity contribution in [1.29, 1.82) is 0 Å². The Labute approximate surface area is 97.1 Å². The van der Waals surface area contributed by atoms with Crippen LogP contribution in [0.4, 0.5) is 5.82 Å². The molecular weight excluding hydrogens is 200 g/mol. The number of rotatable bonds is 5. The lowest BCUT2D eigenvalue weighted by molar-refractivity contribution is 0.199. The predicted octanol–water partition coefficient (Wildman–Crippen LogP) is 2.37. The fraction of sp³-hybridized carbons (Fsp3) is 0.615. The largest absolute Gasteiger partial charge is 0.389 e. The van der Waals surface area contributed by atoms with Crippen LogP contribution in [-0.4, -0.2) is 23.2 Å². The predicted molar refractivity (Wildman–Crippen MR) is 65.5 cm³/mol. The second-order valence-corrected chi connectivity index (χ2v) is 4.57. The summed E-state index contributed by atoms with van der Waals surface area (Å²) in [6, 6.07) is 3.85. The third-order valence-electron chi connectivity index (χ3n) is 3.12. The highest BCUT2D eigenvalue weighted by atomic mass is 16.3. The van der Waals surface area contributed by atoms with Crippen LogP contribution in [0.25, 0.3) is 0 Å². The molecule has 88 valence electrons. The molecule has 1 N–H and O–H groups in total. The van der Waals surface area contributed by atoms with Crippen molar-refractivity contribution in [3.8, 4) is 0 Å². The van der Waals surface area contributed by atoms with E-state index in [1.165, 1.54) is 12.8 Å². The highest BCUT2D eigenvalue weighted by molar-refractivity contribution is 5.47. The van der Waals surface area contributed by atoms with Gasteiger partial charge in [-0.15, -0.1) is 0 Å². The number of aromatic nitrogens is 1. The number of nitrogens with zero attached hydrogens (tertiary/aromatic N) is 2. The van der Waals surface area contributed by atoms with Gasteiger partial charge in [0.25, 0.3) is 0 Å². The molecule has 16 heavy (non-hydrogen) atoms. The minimum Gasteiger partial charge on any atom is -0.389 e. The van der Waals surface area contributed by atoms with Crippen molar-refractivity contribution in [1.82, 2.24) is 4.98 Å². The van der Waals surface area contributed by atoms with Crippen LogP contribution in [0.15, 0.2) is 18.3 Å². The Morgan fingerprint density at radius 1 is 1.56 bits per heavy atom. The van der Waals surface area contributed by atoms with Gasteiger partial charge in [0.05, 0.1) is 6.10 Å². The third-order valence-corrected chi connectivity index (χ3v) is 3.12. The van der Waals surface area contributed by atoms with Crippen molar-refractivity contribution in [2.24, 2.45) is 5.92 Å². The molecule has 0 saturated heterocycles. The van der Waals surface area contributed by atoms with Gasteiger partial charge in [-0.3, -0.25) is 0 Å². The maximum atomic E-state index is 9.73. The normalized spacial score (nSPS) is 17.2. The van der Waals surface area contributed by atoms with E-state index >= 15 is 0 Å². The van der Waals surface area contributed by atoms with Gasteiger partial charge < -0.3 is 10.0 Å². The van der Waals surface area contributed by atoms with E-state index in [4.69, 9.17) is 0 Å². The Balaban J connectivity index is 2.21.